The van der Waals surface area contributed by atoms with Crippen LogP contribution >= 0.6 is 0 Å². The van der Waals surface area contributed by atoms with Gasteiger partial charge in [0.1, 0.15) is 11.6 Å². The first-order valence-corrected chi connectivity index (χ1v) is 8.07. The first kappa shape index (κ1) is 16.6. The number of carbonyl (C=O) groups is 1. The van der Waals surface area contributed by atoms with Crippen molar-refractivity contribution in [2.75, 3.05) is 18.9 Å². The van der Waals surface area contributed by atoms with E-state index in [9.17, 15) is 13.6 Å². The molecule has 2 aromatic rings. The van der Waals surface area contributed by atoms with Crippen molar-refractivity contribution in [3.63, 3.8) is 0 Å². The van der Waals surface area contributed by atoms with E-state index in [-0.39, 0.29) is 24.2 Å². The molecule has 0 bridgehead atoms. The highest BCUT2D eigenvalue weighted by atomic mass is 19.1. The number of carbonyl (C=O) groups excluding carboxylic acids is 1. The highest BCUT2D eigenvalue weighted by molar-refractivity contribution is 5.92. The SMILES string of the molecule is CN(CC(=O)Nc1cc(F)ccc1F)[C@@H]1CCCc2ccccc21. The van der Waals surface area contributed by atoms with E-state index in [2.05, 4.69) is 17.4 Å². The van der Waals surface area contributed by atoms with Crippen molar-refractivity contribution in [2.45, 2.75) is 25.3 Å². The third-order valence-electron chi connectivity index (χ3n) is 4.47. The first-order valence-electron chi connectivity index (χ1n) is 8.07. The van der Waals surface area contributed by atoms with Crippen molar-refractivity contribution in [1.82, 2.24) is 4.90 Å². The Bertz CT molecular complexity index is 748. The third kappa shape index (κ3) is 3.62. The number of benzene rings is 2. The van der Waals surface area contributed by atoms with E-state index in [1.807, 2.05) is 24.1 Å². The predicted octanol–water partition coefficient (Wildman–Crippen LogP) is 3.91. The number of hydrogen-bond donors (Lipinski definition) is 1. The average Bonchev–Trinajstić information content (AvgIpc) is 2.57. The van der Waals surface area contributed by atoms with E-state index in [4.69, 9.17) is 0 Å². The Balaban J connectivity index is 1.68. The summed E-state index contributed by atoms with van der Waals surface area (Å²) in [6, 6.07) is 11.4. The van der Waals surface area contributed by atoms with Crippen LogP contribution in [0.4, 0.5) is 14.5 Å². The number of halogens is 2. The maximum absolute atomic E-state index is 13.6. The molecule has 5 heteroatoms. The van der Waals surface area contributed by atoms with Crippen molar-refractivity contribution in [3.05, 3.63) is 65.2 Å². The number of likely N-dealkylation sites (N-methyl/N-ethyl adjacent to an activating group) is 1. The van der Waals surface area contributed by atoms with Gasteiger partial charge >= 0.3 is 0 Å². The van der Waals surface area contributed by atoms with Crippen molar-refractivity contribution in [1.29, 1.82) is 0 Å². The van der Waals surface area contributed by atoms with E-state index in [1.165, 1.54) is 11.1 Å². The largest absolute Gasteiger partial charge is 0.322 e. The van der Waals surface area contributed by atoms with Gasteiger partial charge in [-0.25, -0.2) is 8.78 Å². The van der Waals surface area contributed by atoms with Crippen LogP contribution in [0, 0.1) is 11.6 Å². The lowest BCUT2D eigenvalue weighted by Crippen LogP contribution is -2.35. The smallest absolute Gasteiger partial charge is 0.238 e. The Morgan fingerprint density at radius 2 is 2.04 bits per heavy atom. The molecule has 3 rings (SSSR count). The van der Waals surface area contributed by atoms with E-state index in [0.29, 0.717) is 0 Å². The molecular formula is C19H20F2N2O. The second kappa shape index (κ2) is 7.09. The lowest BCUT2D eigenvalue weighted by molar-refractivity contribution is -0.117. The fourth-order valence-corrected chi connectivity index (χ4v) is 3.31. The quantitative estimate of drug-likeness (QED) is 0.922. The Morgan fingerprint density at radius 1 is 1.25 bits per heavy atom. The lowest BCUT2D eigenvalue weighted by Gasteiger charge is -2.32. The summed E-state index contributed by atoms with van der Waals surface area (Å²) < 4.78 is 26.8. The number of nitrogens with one attached hydrogen (secondary N) is 1. The van der Waals surface area contributed by atoms with Crippen LogP contribution in [-0.4, -0.2) is 24.4 Å². The predicted molar refractivity (Wildman–Crippen MR) is 89.7 cm³/mol. The molecule has 3 nitrogen and oxygen atoms in total. The first-order chi connectivity index (χ1) is 11.5. The van der Waals surface area contributed by atoms with Gasteiger partial charge in [0.25, 0.3) is 0 Å². The van der Waals surface area contributed by atoms with Gasteiger partial charge in [-0.2, -0.15) is 0 Å². The van der Waals surface area contributed by atoms with Gasteiger partial charge in [0, 0.05) is 12.1 Å². The lowest BCUT2D eigenvalue weighted by atomic mass is 9.87. The molecule has 0 unspecified atom stereocenters. The average molecular weight is 330 g/mol. The molecule has 1 aliphatic rings. The summed E-state index contributed by atoms with van der Waals surface area (Å²) in [5, 5.41) is 2.45. The van der Waals surface area contributed by atoms with Crippen LogP contribution in [0.25, 0.3) is 0 Å². The standard InChI is InChI=1S/C19H20F2N2O/c1-23(18-8-4-6-13-5-2-3-7-15(13)18)12-19(24)22-17-11-14(20)9-10-16(17)21/h2-3,5,7,9-11,18H,4,6,8,12H2,1H3,(H,22,24)/t18-/m1/s1. The normalized spacial score (nSPS) is 16.8. The molecule has 0 fully saturated rings. The van der Waals surface area contributed by atoms with Crippen LogP contribution in [0.2, 0.25) is 0 Å². The van der Waals surface area contributed by atoms with Gasteiger partial charge in [0.15, 0.2) is 0 Å². The van der Waals surface area contributed by atoms with E-state index >= 15 is 0 Å². The summed E-state index contributed by atoms with van der Waals surface area (Å²) in [4.78, 5) is 14.2. The Hall–Kier alpha value is -2.27. The monoisotopic (exact) mass is 330 g/mol. The van der Waals surface area contributed by atoms with Gasteiger partial charge in [-0.15, -0.1) is 0 Å². The molecule has 1 N–H and O–H groups in total. The molecule has 0 radical (unpaired) electrons. The molecule has 1 amide bonds. The zero-order valence-electron chi connectivity index (χ0n) is 13.6. The zero-order valence-corrected chi connectivity index (χ0v) is 13.6. The van der Waals surface area contributed by atoms with Gasteiger partial charge < -0.3 is 5.32 Å². The number of nitrogens with zero attached hydrogens (tertiary/aromatic N) is 1. The van der Waals surface area contributed by atoms with Gasteiger partial charge in [0.05, 0.1) is 12.2 Å². The molecule has 0 saturated heterocycles. The zero-order chi connectivity index (χ0) is 17.1. The Kier molecular flexibility index (Phi) is 4.90. The molecule has 0 aromatic heterocycles. The molecule has 2 aromatic carbocycles. The molecule has 0 heterocycles. The van der Waals surface area contributed by atoms with Gasteiger partial charge in [-0.05, 0) is 49.6 Å². The molecule has 24 heavy (non-hydrogen) atoms. The summed E-state index contributed by atoms with van der Waals surface area (Å²) in [5.41, 5.74) is 2.44. The van der Waals surface area contributed by atoms with Crippen LogP contribution in [0.3, 0.4) is 0 Å². The second-order valence-corrected chi connectivity index (χ2v) is 6.19. The number of fused-ring (bicyclic) bond motifs is 1. The summed E-state index contributed by atoms with van der Waals surface area (Å²) in [7, 11) is 1.88. The fourth-order valence-electron chi connectivity index (χ4n) is 3.31. The number of aryl methyl sites for hydroxylation is 1. The minimum Gasteiger partial charge on any atom is -0.322 e. The second-order valence-electron chi connectivity index (χ2n) is 6.19. The number of hydrogen-bond acceptors (Lipinski definition) is 2. The van der Waals surface area contributed by atoms with Gasteiger partial charge in [-0.3, -0.25) is 9.69 Å². The minimum atomic E-state index is -0.643. The summed E-state index contributed by atoms with van der Waals surface area (Å²) in [5.74, 6) is -1.58. The molecule has 1 atom stereocenters. The summed E-state index contributed by atoms with van der Waals surface area (Å²) in [6.45, 7) is 0.120. The maximum atomic E-state index is 13.6. The molecule has 126 valence electrons. The van der Waals surface area contributed by atoms with Gasteiger partial charge in [-0.1, -0.05) is 24.3 Å². The van der Waals surface area contributed by atoms with Crippen LogP contribution in [-0.2, 0) is 11.2 Å². The summed E-state index contributed by atoms with van der Waals surface area (Å²) in [6.07, 6.45) is 3.11. The topological polar surface area (TPSA) is 32.3 Å². The fraction of sp³-hybridized carbons (Fsp3) is 0.316. The van der Waals surface area contributed by atoms with Crippen LogP contribution < -0.4 is 5.32 Å². The summed E-state index contributed by atoms with van der Waals surface area (Å²) >= 11 is 0. The van der Waals surface area contributed by atoms with Crippen LogP contribution in [0.5, 0.6) is 0 Å². The number of amides is 1. The van der Waals surface area contributed by atoms with E-state index in [1.54, 1.807) is 0 Å². The molecule has 0 saturated carbocycles. The highest BCUT2D eigenvalue weighted by Gasteiger charge is 2.24. The highest BCUT2D eigenvalue weighted by Crippen LogP contribution is 2.33. The minimum absolute atomic E-state index is 0.120. The Morgan fingerprint density at radius 3 is 2.88 bits per heavy atom. The van der Waals surface area contributed by atoms with Crippen molar-refractivity contribution in [2.24, 2.45) is 0 Å². The van der Waals surface area contributed by atoms with Gasteiger partial charge in [0.2, 0.25) is 5.91 Å². The van der Waals surface area contributed by atoms with E-state index < -0.39 is 11.6 Å². The maximum Gasteiger partial charge on any atom is 0.238 e. The van der Waals surface area contributed by atoms with Crippen molar-refractivity contribution < 1.29 is 13.6 Å². The molecule has 0 spiro atoms. The molecule has 0 aliphatic heterocycles. The van der Waals surface area contributed by atoms with Crippen molar-refractivity contribution in [3.8, 4) is 0 Å². The van der Waals surface area contributed by atoms with Crippen LogP contribution in [0.15, 0.2) is 42.5 Å². The molecule has 1 aliphatic carbocycles. The van der Waals surface area contributed by atoms with Crippen LogP contribution in [0.1, 0.15) is 30.0 Å². The third-order valence-corrected chi connectivity index (χ3v) is 4.47. The molecular weight excluding hydrogens is 310 g/mol. The van der Waals surface area contributed by atoms with E-state index in [0.717, 1.165) is 37.5 Å². The Labute approximate surface area is 140 Å². The number of rotatable bonds is 4. The van der Waals surface area contributed by atoms with Crippen molar-refractivity contribution >= 4 is 11.6 Å². The number of anilines is 1.